The van der Waals surface area contributed by atoms with Crippen molar-refractivity contribution in [2.75, 3.05) is 13.1 Å². The van der Waals surface area contributed by atoms with Gasteiger partial charge in [0.05, 0.1) is 12.5 Å². The summed E-state index contributed by atoms with van der Waals surface area (Å²) in [5, 5.41) is 14.3. The first-order valence-corrected chi connectivity index (χ1v) is 7.17. The summed E-state index contributed by atoms with van der Waals surface area (Å²) < 4.78 is 0. The molecular weight excluding hydrogens is 260 g/mol. The SMILES string of the molecule is CC(C)CNC(=O)CNC(=O)C1CCCC(C(=O)O)C1. The number of amides is 2. The minimum absolute atomic E-state index is 0.0419. The molecule has 2 atom stereocenters. The fourth-order valence-electron chi connectivity index (χ4n) is 2.34. The normalized spacial score (nSPS) is 22.4. The van der Waals surface area contributed by atoms with Crippen molar-refractivity contribution < 1.29 is 19.5 Å². The fraction of sp³-hybridized carbons (Fsp3) is 0.786. The van der Waals surface area contributed by atoms with Crippen LogP contribution < -0.4 is 10.6 Å². The molecule has 1 aliphatic rings. The molecule has 0 spiro atoms. The molecule has 0 aromatic carbocycles. The van der Waals surface area contributed by atoms with Gasteiger partial charge in [-0.1, -0.05) is 20.3 Å². The molecule has 0 bridgehead atoms. The van der Waals surface area contributed by atoms with E-state index < -0.39 is 11.9 Å². The molecule has 0 aromatic rings. The van der Waals surface area contributed by atoms with E-state index in [4.69, 9.17) is 5.11 Å². The Morgan fingerprint density at radius 3 is 2.40 bits per heavy atom. The molecule has 114 valence electrons. The van der Waals surface area contributed by atoms with Gasteiger partial charge in [-0.15, -0.1) is 0 Å². The van der Waals surface area contributed by atoms with Crippen LogP contribution in [0.1, 0.15) is 39.5 Å². The Balaban J connectivity index is 2.31. The highest BCUT2D eigenvalue weighted by Crippen LogP contribution is 2.29. The van der Waals surface area contributed by atoms with E-state index in [0.717, 1.165) is 6.42 Å². The Labute approximate surface area is 119 Å². The number of aliphatic carboxylic acids is 1. The number of carboxylic acid groups (broad SMARTS) is 1. The Bertz CT molecular complexity index is 368. The highest BCUT2D eigenvalue weighted by molar-refractivity contribution is 5.86. The molecule has 0 heterocycles. The van der Waals surface area contributed by atoms with E-state index in [1.807, 2.05) is 13.8 Å². The molecule has 0 saturated heterocycles. The lowest BCUT2D eigenvalue weighted by atomic mass is 9.81. The lowest BCUT2D eigenvalue weighted by Crippen LogP contribution is -2.42. The molecule has 6 heteroatoms. The number of carbonyl (C=O) groups is 3. The highest BCUT2D eigenvalue weighted by Gasteiger charge is 2.30. The zero-order valence-corrected chi connectivity index (χ0v) is 12.1. The summed E-state index contributed by atoms with van der Waals surface area (Å²) in [5.74, 6) is -1.62. The molecule has 1 saturated carbocycles. The van der Waals surface area contributed by atoms with Gasteiger partial charge >= 0.3 is 5.97 Å². The molecule has 6 nitrogen and oxygen atoms in total. The molecule has 0 aliphatic heterocycles. The Morgan fingerprint density at radius 1 is 1.15 bits per heavy atom. The molecule has 1 rings (SSSR count). The molecular formula is C14H24N2O4. The quantitative estimate of drug-likeness (QED) is 0.671. The highest BCUT2D eigenvalue weighted by atomic mass is 16.4. The van der Waals surface area contributed by atoms with E-state index in [2.05, 4.69) is 10.6 Å². The van der Waals surface area contributed by atoms with Crippen molar-refractivity contribution in [2.24, 2.45) is 17.8 Å². The first kappa shape index (κ1) is 16.5. The fourth-order valence-corrected chi connectivity index (χ4v) is 2.34. The van der Waals surface area contributed by atoms with Gasteiger partial charge in [-0.2, -0.15) is 0 Å². The summed E-state index contributed by atoms with van der Waals surface area (Å²) >= 11 is 0. The van der Waals surface area contributed by atoms with Gasteiger partial charge < -0.3 is 15.7 Å². The number of hydrogen-bond donors (Lipinski definition) is 3. The maximum absolute atomic E-state index is 11.9. The van der Waals surface area contributed by atoms with E-state index >= 15 is 0 Å². The van der Waals surface area contributed by atoms with Crippen LogP contribution in [0.3, 0.4) is 0 Å². The van der Waals surface area contributed by atoms with E-state index in [-0.39, 0.29) is 24.3 Å². The van der Waals surface area contributed by atoms with Crippen molar-refractivity contribution in [3.05, 3.63) is 0 Å². The van der Waals surface area contributed by atoms with Crippen LogP contribution in [0.15, 0.2) is 0 Å². The van der Waals surface area contributed by atoms with Crippen molar-refractivity contribution in [1.82, 2.24) is 10.6 Å². The van der Waals surface area contributed by atoms with Gasteiger partial charge in [0, 0.05) is 12.5 Å². The van der Waals surface area contributed by atoms with Crippen LogP contribution in [0.5, 0.6) is 0 Å². The molecule has 0 aromatic heterocycles. The van der Waals surface area contributed by atoms with E-state index in [0.29, 0.717) is 31.7 Å². The van der Waals surface area contributed by atoms with Gasteiger partial charge in [0.15, 0.2) is 0 Å². The second-order valence-electron chi connectivity index (χ2n) is 5.81. The van der Waals surface area contributed by atoms with Gasteiger partial charge in [-0.3, -0.25) is 14.4 Å². The monoisotopic (exact) mass is 284 g/mol. The molecule has 20 heavy (non-hydrogen) atoms. The predicted molar refractivity (Wildman–Crippen MR) is 73.9 cm³/mol. The van der Waals surface area contributed by atoms with Crippen LogP contribution in [-0.4, -0.2) is 36.0 Å². The standard InChI is InChI=1S/C14H24N2O4/c1-9(2)7-15-12(17)8-16-13(18)10-4-3-5-11(6-10)14(19)20/h9-11H,3-8H2,1-2H3,(H,15,17)(H,16,18)(H,19,20). The Hall–Kier alpha value is -1.59. The second kappa shape index (κ2) is 7.87. The number of carboxylic acids is 1. The molecule has 3 N–H and O–H groups in total. The van der Waals surface area contributed by atoms with Crippen LogP contribution in [-0.2, 0) is 14.4 Å². The Morgan fingerprint density at radius 2 is 1.80 bits per heavy atom. The first-order chi connectivity index (χ1) is 9.40. The van der Waals surface area contributed by atoms with E-state index in [1.54, 1.807) is 0 Å². The molecule has 1 fully saturated rings. The lowest BCUT2D eigenvalue weighted by Gasteiger charge is -2.25. The molecule has 1 aliphatic carbocycles. The average Bonchev–Trinajstić information content (AvgIpc) is 2.42. The Kier molecular flexibility index (Phi) is 6.48. The third kappa shape index (κ3) is 5.59. The maximum Gasteiger partial charge on any atom is 0.306 e. The van der Waals surface area contributed by atoms with Gasteiger partial charge in [-0.05, 0) is 25.2 Å². The van der Waals surface area contributed by atoms with Crippen LogP contribution in [0.2, 0.25) is 0 Å². The summed E-state index contributed by atoms with van der Waals surface area (Å²) in [6, 6.07) is 0. The third-order valence-corrected chi connectivity index (χ3v) is 3.52. The zero-order valence-electron chi connectivity index (χ0n) is 12.1. The topological polar surface area (TPSA) is 95.5 Å². The maximum atomic E-state index is 11.9. The smallest absolute Gasteiger partial charge is 0.306 e. The van der Waals surface area contributed by atoms with Crippen LogP contribution >= 0.6 is 0 Å². The van der Waals surface area contributed by atoms with E-state index in [9.17, 15) is 14.4 Å². The van der Waals surface area contributed by atoms with Crippen molar-refractivity contribution in [1.29, 1.82) is 0 Å². The minimum Gasteiger partial charge on any atom is -0.481 e. The summed E-state index contributed by atoms with van der Waals surface area (Å²) in [7, 11) is 0. The molecule has 2 amide bonds. The summed E-state index contributed by atoms with van der Waals surface area (Å²) in [5.41, 5.74) is 0. The first-order valence-electron chi connectivity index (χ1n) is 7.17. The molecule has 0 radical (unpaired) electrons. The van der Waals surface area contributed by atoms with Crippen LogP contribution in [0, 0.1) is 17.8 Å². The van der Waals surface area contributed by atoms with Crippen LogP contribution in [0.25, 0.3) is 0 Å². The lowest BCUT2D eigenvalue weighted by molar-refractivity contribution is -0.144. The largest absolute Gasteiger partial charge is 0.481 e. The van der Waals surface area contributed by atoms with Gasteiger partial charge in [0.25, 0.3) is 0 Å². The predicted octanol–water partition coefficient (Wildman–Crippen LogP) is 0.766. The minimum atomic E-state index is -0.836. The van der Waals surface area contributed by atoms with Gasteiger partial charge in [0.1, 0.15) is 0 Å². The van der Waals surface area contributed by atoms with Crippen molar-refractivity contribution in [3.63, 3.8) is 0 Å². The summed E-state index contributed by atoms with van der Waals surface area (Å²) in [6.07, 6.45) is 2.45. The van der Waals surface area contributed by atoms with Gasteiger partial charge in [-0.25, -0.2) is 0 Å². The van der Waals surface area contributed by atoms with Crippen molar-refractivity contribution in [2.45, 2.75) is 39.5 Å². The van der Waals surface area contributed by atoms with Crippen molar-refractivity contribution >= 4 is 17.8 Å². The van der Waals surface area contributed by atoms with Gasteiger partial charge in [0.2, 0.25) is 11.8 Å². The summed E-state index contributed by atoms with van der Waals surface area (Å²) in [6.45, 7) is 4.53. The van der Waals surface area contributed by atoms with Crippen LogP contribution in [0.4, 0.5) is 0 Å². The molecule has 2 unspecified atom stereocenters. The number of nitrogens with one attached hydrogen (secondary N) is 2. The summed E-state index contributed by atoms with van der Waals surface area (Å²) in [4.78, 5) is 34.4. The van der Waals surface area contributed by atoms with Crippen molar-refractivity contribution in [3.8, 4) is 0 Å². The second-order valence-corrected chi connectivity index (χ2v) is 5.81. The average molecular weight is 284 g/mol. The van der Waals surface area contributed by atoms with E-state index in [1.165, 1.54) is 0 Å². The number of hydrogen-bond acceptors (Lipinski definition) is 3. The number of carbonyl (C=O) groups excluding carboxylic acids is 2. The zero-order chi connectivity index (χ0) is 15.1. The third-order valence-electron chi connectivity index (χ3n) is 3.52. The number of rotatable bonds is 6.